The van der Waals surface area contributed by atoms with Crippen LogP contribution in [0.4, 0.5) is 0 Å². The summed E-state index contributed by atoms with van der Waals surface area (Å²) in [6, 6.07) is 0. The number of hydrogen-bond donors (Lipinski definition) is 0. The Morgan fingerprint density at radius 1 is 1.16 bits per heavy atom. The van der Waals surface area contributed by atoms with Gasteiger partial charge in [-0.05, 0) is 30.8 Å². The lowest BCUT2D eigenvalue weighted by molar-refractivity contribution is -0.157. The lowest BCUT2D eigenvalue weighted by atomic mass is 9.58. The maximum Gasteiger partial charge on any atom is 0.342 e. The van der Waals surface area contributed by atoms with Crippen LogP contribution in [0.5, 0.6) is 0 Å². The molecule has 4 aliphatic rings. The molecule has 206 valence electrons. The first-order chi connectivity index (χ1) is 18.2. The lowest BCUT2D eigenvalue weighted by Gasteiger charge is -2.48. The molecule has 38 heavy (non-hydrogen) atoms. The van der Waals surface area contributed by atoms with Gasteiger partial charge in [-0.2, -0.15) is 0 Å². The Hall–Kier alpha value is -2.63. The Morgan fingerprint density at radius 3 is 2.66 bits per heavy atom. The minimum atomic E-state index is -0.764. The fourth-order valence-corrected chi connectivity index (χ4v) is 7.38. The smallest absolute Gasteiger partial charge is 0.342 e. The quantitative estimate of drug-likeness (QED) is 0.257. The Balaban J connectivity index is 1.53. The molecule has 1 unspecified atom stereocenters. The van der Waals surface area contributed by atoms with Crippen LogP contribution in [0, 0.1) is 11.3 Å². The number of ketones is 1. The minimum absolute atomic E-state index is 0.0984. The van der Waals surface area contributed by atoms with Gasteiger partial charge in [0.15, 0.2) is 5.76 Å². The highest BCUT2D eigenvalue weighted by molar-refractivity contribution is 7.99. The van der Waals surface area contributed by atoms with Crippen LogP contribution in [0.3, 0.4) is 0 Å². The van der Waals surface area contributed by atoms with Crippen molar-refractivity contribution in [1.82, 2.24) is 0 Å². The van der Waals surface area contributed by atoms with Crippen molar-refractivity contribution in [2.45, 2.75) is 57.3 Å². The number of rotatable bonds is 9. The van der Waals surface area contributed by atoms with Gasteiger partial charge in [-0.3, -0.25) is 14.4 Å². The maximum absolute atomic E-state index is 14.0. The van der Waals surface area contributed by atoms with E-state index in [2.05, 4.69) is 0 Å². The van der Waals surface area contributed by atoms with Gasteiger partial charge in [0, 0.05) is 43.4 Å². The standard InChI is InChI=1S/C27H32O10S/c1-13(28)35-16-9-27(2)15(5-6-18(27)37-19(29)12-38-8-7-32-3)21-22(16)23-17(11-33-4)36-26(31)14-10-34-25(20(14)23)24(21)30/h10,15-18,23H,5-9,11-12H2,1-4H3/t15-,16+,17+,18-,23?,27-/m0/s1. The molecule has 1 fully saturated rings. The van der Waals surface area contributed by atoms with E-state index in [1.807, 2.05) is 6.92 Å². The molecule has 0 N–H and O–H groups in total. The van der Waals surface area contributed by atoms with Gasteiger partial charge in [0.1, 0.15) is 30.1 Å². The second-order valence-electron chi connectivity index (χ2n) is 10.4. The third kappa shape index (κ3) is 4.38. The molecule has 2 heterocycles. The predicted octanol–water partition coefficient (Wildman–Crippen LogP) is 3.08. The topological polar surface area (TPSA) is 128 Å². The molecule has 6 atom stereocenters. The summed E-state index contributed by atoms with van der Waals surface area (Å²) in [4.78, 5) is 51.6. The highest BCUT2D eigenvalue weighted by atomic mass is 32.2. The fourth-order valence-electron chi connectivity index (χ4n) is 6.72. The predicted molar refractivity (Wildman–Crippen MR) is 134 cm³/mol. The summed E-state index contributed by atoms with van der Waals surface area (Å²) in [5, 5.41) is 0. The van der Waals surface area contributed by atoms with Crippen LogP contribution in [-0.4, -0.2) is 80.9 Å². The summed E-state index contributed by atoms with van der Waals surface area (Å²) in [7, 11) is 3.12. The van der Waals surface area contributed by atoms with Crippen LogP contribution in [0.2, 0.25) is 0 Å². The van der Waals surface area contributed by atoms with E-state index >= 15 is 0 Å². The van der Waals surface area contributed by atoms with Crippen molar-refractivity contribution < 1.29 is 47.3 Å². The first kappa shape index (κ1) is 27.0. The summed E-state index contributed by atoms with van der Waals surface area (Å²) < 4.78 is 33.6. The second-order valence-corrected chi connectivity index (χ2v) is 11.5. The Kier molecular flexibility index (Phi) is 7.45. The molecule has 0 radical (unpaired) electrons. The Labute approximate surface area is 224 Å². The lowest BCUT2D eigenvalue weighted by Crippen LogP contribution is -2.50. The van der Waals surface area contributed by atoms with Gasteiger partial charge in [-0.25, -0.2) is 4.79 Å². The highest BCUT2D eigenvalue weighted by Crippen LogP contribution is 2.61. The van der Waals surface area contributed by atoms with E-state index in [-0.39, 0.29) is 41.4 Å². The molecule has 0 amide bonds. The molecule has 1 saturated carbocycles. The average molecular weight is 549 g/mol. The molecule has 1 aliphatic heterocycles. The number of allylic oxidation sites excluding steroid dienone is 1. The van der Waals surface area contributed by atoms with Gasteiger partial charge in [-0.15, -0.1) is 11.8 Å². The fraction of sp³-hybridized carbons (Fsp3) is 0.630. The Morgan fingerprint density at radius 2 is 1.95 bits per heavy atom. The zero-order valence-electron chi connectivity index (χ0n) is 21.9. The molecule has 0 aromatic carbocycles. The summed E-state index contributed by atoms with van der Waals surface area (Å²) in [6.07, 6.45) is 0.897. The van der Waals surface area contributed by atoms with Gasteiger partial charge in [-0.1, -0.05) is 6.92 Å². The number of furan rings is 1. The minimum Gasteiger partial charge on any atom is -0.461 e. The third-order valence-electron chi connectivity index (χ3n) is 8.22. The van der Waals surface area contributed by atoms with Gasteiger partial charge >= 0.3 is 17.9 Å². The van der Waals surface area contributed by atoms with E-state index in [1.165, 1.54) is 32.1 Å². The van der Waals surface area contributed by atoms with E-state index in [9.17, 15) is 19.2 Å². The van der Waals surface area contributed by atoms with Gasteiger partial charge < -0.3 is 28.1 Å². The second kappa shape index (κ2) is 10.5. The summed E-state index contributed by atoms with van der Waals surface area (Å²) >= 11 is 1.44. The summed E-state index contributed by atoms with van der Waals surface area (Å²) in [6.45, 7) is 3.96. The van der Waals surface area contributed by atoms with Crippen LogP contribution in [0.15, 0.2) is 21.8 Å². The number of cyclic esters (lactones) is 1. The number of esters is 3. The molecular weight excluding hydrogens is 516 g/mol. The number of methoxy groups -OCH3 is 2. The molecule has 0 spiro atoms. The van der Waals surface area contributed by atoms with Crippen LogP contribution in [0.25, 0.3) is 0 Å². The number of ether oxygens (including phenoxy) is 5. The van der Waals surface area contributed by atoms with Crippen LogP contribution < -0.4 is 0 Å². The molecular formula is C27H32O10S. The molecule has 1 aromatic heterocycles. The average Bonchev–Trinajstić information content (AvgIpc) is 3.44. The van der Waals surface area contributed by atoms with Crippen molar-refractivity contribution in [3.8, 4) is 0 Å². The first-order valence-corrected chi connectivity index (χ1v) is 13.9. The number of hydrogen-bond acceptors (Lipinski definition) is 11. The van der Waals surface area contributed by atoms with Crippen molar-refractivity contribution in [2.75, 3.05) is 38.9 Å². The monoisotopic (exact) mass is 548 g/mol. The van der Waals surface area contributed by atoms with Gasteiger partial charge in [0.2, 0.25) is 5.78 Å². The van der Waals surface area contributed by atoms with Crippen molar-refractivity contribution >= 4 is 35.5 Å². The van der Waals surface area contributed by atoms with Crippen LogP contribution in [-0.2, 0) is 33.3 Å². The summed E-state index contributed by atoms with van der Waals surface area (Å²) in [5.41, 5.74) is 1.18. The van der Waals surface area contributed by atoms with Crippen LogP contribution in [0.1, 0.15) is 65.5 Å². The van der Waals surface area contributed by atoms with E-state index in [1.54, 1.807) is 7.11 Å². The van der Waals surface area contributed by atoms with E-state index in [4.69, 9.17) is 28.1 Å². The van der Waals surface area contributed by atoms with Crippen molar-refractivity contribution in [2.24, 2.45) is 11.3 Å². The van der Waals surface area contributed by atoms with Crippen molar-refractivity contribution in [1.29, 1.82) is 0 Å². The third-order valence-corrected chi connectivity index (χ3v) is 9.12. The molecule has 3 aliphatic carbocycles. The number of carbonyl (C=O) groups is 4. The van der Waals surface area contributed by atoms with E-state index in [0.29, 0.717) is 48.3 Å². The zero-order valence-corrected chi connectivity index (χ0v) is 22.7. The largest absolute Gasteiger partial charge is 0.461 e. The van der Waals surface area contributed by atoms with Crippen molar-refractivity contribution in [3.05, 3.63) is 34.3 Å². The number of Topliss-reactive ketones (excluding diaryl/α,β-unsaturated/α-hetero) is 1. The van der Waals surface area contributed by atoms with E-state index in [0.717, 1.165) is 0 Å². The number of thioether (sulfide) groups is 1. The zero-order chi connectivity index (χ0) is 27.2. The van der Waals surface area contributed by atoms with Gasteiger partial charge in [0.25, 0.3) is 0 Å². The molecule has 0 saturated heterocycles. The van der Waals surface area contributed by atoms with Gasteiger partial charge in [0.05, 0.1) is 24.9 Å². The molecule has 5 rings (SSSR count). The molecule has 0 bridgehead atoms. The first-order valence-electron chi connectivity index (χ1n) is 12.7. The number of carbonyl (C=O) groups excluding carboxylic acids is 4. The van der Waals surface area contributed by atoms with Crippen molar-refractivity contribution in [3.63, 3.8) is 0 Å². The maximum atomic E-state index is 14.0. The number of fused-ring (bicyclic) bond motifs is 3. The Bertz CT molecular complexity index is 1180. The molecule has 1 aromatic rings. The molecule has 10 nitrogen and oxygen atoms in total. The SMILES string of the molecule is COCCSCC(=O)O[C@H]1CC[C@H]2C3=C(C4c5c(coc5C3=O)C(=O)O[C@@H]4COC)[C@H](OC(C)=O)C[C@]12C. The van der Waals surface area contributed by atoms with E-state index < -0.39 is 41.6 Å². The molecule has 11 heteroatoms. The van der Waals surface area contributed by atoms with Crippen LogP contribution >= 0.6 is 11.8 Å². The summed E-state index contributed by atoms with van der Waals surface area (Å²) in [5.74, 6) is -1.52. The highest BCUT2D eigenvalue weighted by Gasteiger charge is 2.61. The normalized spacial score (nSPS) is 31.3.